The molecule has 2 aromatic rings. The largest absolute Gasteiger partial charge is 0.465 e. The Labute approximate surface area is 139 Å². The van der Waals surface area contributed by atoms with Crippen LogP contribution in [0.25, 0.3) is 0 Å². The van der Waals surface area contributed by atoms with Crippen LogP contribution >= 0.6 is 11.3 Å². The topological polar surface area (TPSA) is 68.5 Å². The van der Waals surface area contributed by atoms with Crippen LogP contribution in [0.5, 0.6) is 5.88 Å². The van der Waals surface area contributed by atoms with Gasteiger partial charge in [0, 0.05) is 30.5 Å². The minimum absolute atomic E-state index is 0.00320. The number of hydrogen-bond donors (Lipinski definition) is 0. The number of carbonyl (C=O) groups is 1. The smallest absolute Gasteiger partial charge is 0.260 e. The van der Waals surface area contributed by atoms with Gasteiger partial charge in [-0.3, -0.25) is 4.79 Å². The predicted molar refractivity (Wildman–Crippen MR) is 86.8 cm³/mol. The molecule has 23 heavy (non-hydrogen) atoms. The van der Waals surface area contributed by atoms with E-state index in [0.717, 1.165) is 43.1 Å². The maximum Gasteiger partial charge on any atom is 0.260 e. The number of amides is 1. The monoisotopic (exact) mass is 335 g/mol. The van der Waals surface area contributed by atoms with Crippen molar-refractivity contribution in [2.45, 2.75) is 39.0 Å². The maximum atomic E-state index is 12.3. The zero-order chi connectivity index (χ0) is 16.2. The SMILES string of the molecule is CCc1csc([C@H]2CCCN(C(=O)COc3cc(C)on3)C2)n1. The Morgan fingerprint density at radius 2 is 2.43 bits per heavy atom. The molecule has 1 fully saturated rings. The van der Waals surface area contributed by atoms with E-state index in [-0.39, 0.29) is 12.5 Å². The molecular formula is C16H21N3O3S. The van der Waals surface area contributed by atoms with E-state index in [9.17, 15) is 4.79 Å². The Morgan fingerprint density at radius 1 is 1.57 bits per heavy atom. The van der Waals surface area contributed by atoms with E-state index in [2.05, 4.69) is 22.4 Å². The summed E-state index contributed by atoms with van der Waals surface area (Å²) in [7, 11) is 0. The number of nitrogens with zero attached hydrogens (tertiary/aromatic N) is 3. The average Bonchev–Trinajstić information content (AvgIpc) is 3.21. The first-order valence-corrected chi connectivity index (χ1v) is 8.82. The minimum Gasteiger partial charge on any atom is -0.465 e. The summed E-state index contributed by atoms with van der Waals surface area (Å²) in [6, 6.07) is 1.67. The van der Waals surface area contributed by atoms with E-state index < -0.39 is 0 Å². The lowest BCUT2D eigenvalue weighted by molar-refractivity contribution is -0.134. The van der Waals surface area contributed by atoms with Gasteiger partial charge in [0.15, 0.2) is 6.61 Å². The highest BCUT2D eigenvalue weighted by Crippen LogP contribution is 2.29. The van der Waals surface area contributed by atoms with Crippen LogP contribution in [0.2, 0.25) is 0 Å². The van der Waals surface area contributed by atoms with Crippen LogP contribution in [0.1, 0.15) is 42.1 Å². The molecule has 1 aliphatic rings. The summed E-state index contributed by atoms with van der Waals surface area (Å²) >= 11 is 1.70. The Kier molecular flexibility index (Phi) is 4.95. The lowest BCUT2D eigenvalue weighted by Gasteiger charge is -2.31. The molecule has 0 aliphatic carbocycles. The number of piperidine rings is 1. The third-order valence-electron chi connectivity index (χ3n) is 4.00. The normalized spacial score (nSPS) is 18.2. The van der Waals surface area contributed by atoms with Crippen LogP contribution in [0.3, 0.4) is 0 Å². The van der Waals surface area contributed by atoms with Crippen molar-refractivity contribution < 1.29 is 14.1 Å². The molecule has 1 atom stereocenters. The summed E-state index contributed by atoms with van der Waals surface area (Å²) in [6.07, 6.45) is 3.04. The van der Waals surface area contributed by atoms with E-state index in [1.165, 1.54) is 0 Å². The van der Waals surface area contributed by atoms with Gasteiger partial charge < -0.3 is 14.2 Å². The second-order valence-corrected chi connectivity index (χ2v) is 6.66. The maximum absolute atomic E-state index is 12.3. The molecule has 0 spiro atoms. The van der Waals surface area contributed by atoms with Crippen molar-refractivity contribution in [3.8, 4) is 5.88 Å². The van der Waals surface area contributed by atoms with Gasteiger partial charge in [0.05, 0.1) is 10.7 Å². The first kappa shape index (κ1) is 16.0. The summed E-state index contributed by atoms with van der Waals surface area (Å²) in [4.78, 5) is 18.9. The fourth-order valence-corrected chi connectivity index (χ4v) is 3.75. The van der Waals surface area contributed by atoms with E-state index in [1.807, 2.05) is 4.90 Å². The molecule has 1 aliphatic heterocycles. The van der Waals surface area contributed by atoms with Crippen molar-refractivity contribution >= 4 is 17.2 Å². The van der Waals surface area contributed by atoms with Crippen molar-refractivity contribution in [3.63, 3.8) is 0 Å². The molecule has 0 unspecified atom stereocenters. The second kappa shape index (κ2) is 7.12. The average molecular weight is 335 g/mol. The van der Waals surface area contributed by atoms with Crippen molar-refractivity contribution in [1.82, 2.24) is 15.0 Å². The van der Waals surface area contributed by atoms with Gasteiger partial charge in [-0.05, 0) is 31.3 Å². The minimum atomic E-state index is -0.0115. The molecule has 7 heteroatoms. The lowest BCUT2D eigenvalue weighted by Crippen LogP contribution is -2.41. The van der Waals surface area contributed by atoms with E-state index in [4.69, 9.17) is 9.26 Å². The second-order valence-electron chi connectivity index (χ2n) is 5.77. The van der Waals surface area contributed by atoms with Crippen molar-refractivity contribution in [1.29, 1.82) is 0 Å². The number of aromatic nitrogens is 2. The molecule has 0 saturated carbocycles. The molecule has 0 aromatic carbocycles. The number of aryl methyl sites for hydroxylation is 2. The molecule has 0 bridgehead atoms. The van der Waals surface area contributed by atoms with E-state index in [1.54, 1.807) is 24.3 Å². The van der Waals surface area contributed by atoms with Gasteiger partial charge in [-0.15, -0.1) is 11.3 Å². The number of hydrogen-bond acceptors (Lipinski definition) is 6. The van der Waals surface area contributed by atoms with Gasteiger partial charge in [0.1, 0.15) is 5.76 Å². The highest BCUT2D eigenvalue weighted by atomic mass is 32.1. The van der Waals surface area contributed by atoms with E-state index >= 15 is 0 Å². The summed E-state index contributed by atoms with van der Waals surface area (Å²) in [5.41, 5.74) is 1.14. The zero-order valence-electron chi connectivity index (χ0n) is 13.4. The molecule has 1 amide bonds. The van der Waals surface area contributed by atoms with Gasteiger partial charge in [-0.1, -0.05) is 6.92 Å². The first-order valence-electron chi connectivity index (χ1n) is 7.94. The third-order valence-corrected chi connectivity index (χ3v) is 5.06. The molecule has 0 N–H and O–H groups in total. The highest BCUT2D eigenvalue weighted by molar-refractivity contribution is 7.09. The molecule has 3 rings (SSSR count). The van der Waals surface area contributed by atoms with E-state index in [0.29, 0.717) is 17.6 Å². The third kappa shape index (κ3) is 3.90. The number of rotatable bonds is 5. The summed E-state index contributed by atoms with van der Waals surface area (Å²) in [5, 5.41) is 6.99. The number of carbonyl (C=O) groups excluding carboxylic acids is 1. The Balaban J connectivity index is 1.55. The predicted octanol–water partition coefficient (Wildman–Crippen LogP) is 2.79. The van der Waals surface area contributed by atoms with Crippen LogP contribution in [-0.4, -0.2) is 40.6 Å². The first-order chi connectivity index (χ1) is 11.2. The Hall–Kier alpha value is -1.89. The van der Waals surface area contributed by atoms with Crippen molar-refractivity contribution in [3.05, 3.63) is 27.9 Å². The van der Waals surface area contributed by atoms with Gasteiger partial charge in [0.25, 0.3) is 11.8 Å². The molecule has 6 nitrogen and oxygen atoms in total. The number of thiazole rings is 1. The fourth-order valence-electron chi connectivity index (χ4n) is 2.72. The van der Waals surface area contributed by atoms with Crippen LogP contribution in [0.15, 0.2) is 16.0 Å². The Bertz CT molecular complexity index is 667. The van der Waals surface area contributed by atoms with Crippen LogP contribution in [0.4, 0.5) is 0 Å². The quantitative estimate of drug-likeness (QED) is 0.840. The highest BCUT2D eigenvalue weighted by Gasteiger charge is 2.27. The van der Waals surface area contributed by atoms with Crippen LogP contribution in [-0.2, 0) is 11.2 Å². The van der Waals surface area contributed by atoms with Gasteiger partial charge in [-0.2, -0.15) is 0 Å². The Morgan fingerprint density at radius 3 is 3.13 bits per heavy atom. The van der Waals surface area contributed by atoms with Crippen molar-refractivity contribution in [2.75, 3.05) is 19.7 Å². The molecule has 2 aromatic heterocycles. The van der Waals surface area contributed by atoms with Crippen LogP contribution in [0, 0.1) is 6.92 Å². The number of likely N-dealkylation sites (tertiary alicyclic amines) is 1. The fraction of sp³-hybridized carbons (Fsp3) is 0.562. The number of ether oxygens (including phenoxy) is 1. The standard InChI is InChI=1S/C16H21N3O3S/c1-3-13-10-23-16(17-13)12-5-4-6-19(8-12)15(20)9-21-14-7-11(2)22-18-14/h7,10,12H,3-6,8-9H2,1-2H3/t12-/m0/s1. The summed E-state index contributed by atoms with van der Waals surface area (Å²) in [6.45, 7) is 5.39. The summed E-state index contributed by atoms with van der Waals surface area (Å²) in [5.74, 6) is 1.35. The van der Waals surface area contributed by atoms with Gasteiger partial charge in [0.2, 0.25) is 0 Å². The van der Waals surface area contributed by atoms with Gasteiger partial charge >= 0.3 is 0 Å². The molecular weight excluding hydrogens is 314 g/mol. The zero-order valence-corrected chi connectivity index (χ0v) is 14.3. The van der Waals surface area contributed by atoms with Crippen molar-refractivity contribution in [2.24, 2.45) is 0 Å². The van der Waals surface area contributed by atoms with Crippen LogP contribution < -0.4 is 4.74 Å². The lowest BCUT2D eigenvalue weighted by atomic mass is 9.98. The summed E-state index contributed by atoms with van der Waals surface area (Å²) < 4.78 is 10.3. The molecule has 124 valence electrons. The van der Waals surface area contributed by atoms with Gasteiger partial charge in [-0.25, -0.2) is 4.98 Å². The molecule has 3 heterocycles. The molecule has 0 radical (unpaired) electrons. The molecule has 1 saturated heterocycles.